The van der Waals surface area contributed by atoms with E-state index < -0.39 is 0 Å². The van der Waals surface area contributed by atoms with Crippen molar-refractivity contribution in [3.05, 3.63) is 16.0 Å². The van der Waals surface area contributed by atoms with Gasteiger partial charge in [0, 0.05) is 35.6 Å². The summed E-state index contributed by atoms with van der Waals surface area (Å²) in [6.07, 6.45) is 4.88. The van der Waals surface area contributed by atoms with E-state index in [-0.39, 0.29) is 0 Å². The zero-order chi connectivity index (χ0) is 10.7. The Kier molecular flexibility index (Phi) is 3.74. The minimum atomic E-state index is 0.574. The second-order valence-electron chi connectivity index (χ2n) is 3.71. The fourth-order valence-electron chi connectivity index (χ4n) is 1.63. The van der Waals surface area contributed by atoms with Crippen molar-refractivity contribution in [1.82, 2.24) is 15.3 Å². The molecule has 2 heterocycles. The van der Waals surface area contributed by atoms with Crippen molar-refractivity contribution in [2.45, 2.75) is 19.4 Å². The summed E-state index contributed by atoms with van der Waals surface area (Å²) in [5.41, 5.74) is 0. The summed E-state index contributed by atoms with van der Waals surface area (Å²) in [7, 11) is 0. The van der Waals surface area contributed by atoms with Gasteiger partial charge in [-0.15, -0.1) is 0 Å². The lowest BCUT2D eigenvalue weighted by Gasteiger charge is -2.38. The molecule has 0 saturated carbocycles. The van der Waals surface area contributed by atoms with Gasteiger partial charge < -0.3 is 10.2 Å². The van der Waals surface area contributed by atoms with Gasteiger partial charge in [0.1, 0.15) is 0 Å². The van der Waals surface area contributed by atoms with Gasteiger partial charge in [0.15, 0.2) is 0 Å². The molecule has 5 heteroatoms. The number of halogens is 1. The van der Waals surface area contributed by atoms with Crippen molar-refractivity contribution in [3.63, 3.8) is 0 Å². The third-order valence-corrected chi connectivity index (χ3v) is 3.09. The lowest BCUT2D eigenvalue weighted by atomic mass is 10.1. The first kappa shape index (κ1) is 11.1. The number of hydrogen-bond donors (Lipinski definition) is 1. The van der Waals surface area contributed by atoms with Crippen molar-refractivity contribution in [3.8, 4) is 0 Å². The van der Waals surface area contributed by atoms with E-state index in [1.165, 1.54) is 0 Å². The zero-order valence-corrected chi connectivity index (χ0v) is 10.9. The molecule has 4 nitrogen and oxygen atoms in total. The SMILES string of the molecule is CCCN(c1ncc(I)cn1)C1CNC1. The molecular formula is C10H15IN4. The van der Waals surface area contributed by atoms with Gasteiger partial charge in [-0.05, 0) is 29.0 Å². The quantitative estimate of drug-likeness (QED) is 0.849. The van der Waals surface area contributed by atoms with Gasteiger partial charge in [0.25, 0.3) is 0 Å². The molecule has 0 radical (unpaired) electrons. The molecule has 0 spiro atoms. The molecule has 1 saturated heterocycles. The molecule has 1 aliphatic rings. The fourth-order valence-corrected chi connectivity index (χ4v) is 1.91. The van der Waals surface area contributed by atoms with E-state index in [1.807, 2.05) is 12.4 Å². The predicted molar refractivity (Wildman–Crippen MR) is 69.0 cm³/mol. The topological polar surface area (TPSA) is 41.1 Å². The number of anilines is 1. The maximum absolute atomic E-state index is 4.38. The molecule has 0 bridgehead atoms. The molecule has 1 fully saturated rings. The van der Waals surface area contributed by atoms with Gasteiger partial charge in [0.2, 0.25) is 5.95 Å². The molecule has 1 aromatic rings. The third-order valence-electron chi connectivity index (χ3n) is 2.53. The van der Waals surface area contributed by atoms with Gasteiger partial charge in [-0.25, -0.2) is 9.97 Å². The summed E-state index contributed by atoms with van der Waals surface area (Å²) in [6.45, 7) is 5.32. The van der Waals surface area contributed by atoms with Crippen LogP contribution in [0.4, 0.5) is 5.95 Å². The molecule has 1 N–H and O–H groups in total. The Morgan fingerprint density at radius 1 is 1.47 bits per heavy atom. The van der Waals surface area contributed by atoms with Crippen LogP contribution in [0.25, 0.3) is 0 Å². The van der Waals surface area contributed by atoms with Crippen LogP contribution in [-0.4, -0.2) is 35.6 Å². The smallest absolute Gasteiger partial charge is 0.225 e. The van der Waals surface area contributed by atoms with Crippen molar-refractivity contribution in [2.75, 3.05) is 24.5 Å². The highest BCUT2D eigenvalue weighted by molar-refractivity contribution is 14.1. The Labute approximate surface area is 104 Å². The Morgan fingerprint density at radius 3 is 2.60 bits per heavy atom. The highest BCUT2D eigenvalue weighted by atomic mass is 127. The van der Waals surface area contributed by atoms with Crippen LogP contribution < -0.4 is 10.2 Å². The van der Waals surface area contributed by atoms with Crippen LogP contribution in [0, 0.1) is 3.57 Å². The standard InChI is InChI=1S/C10H15IN4/c1-2-3-15(9-6-12-7-9)10-13-4-8(11)5-14-10/h4-5,9,12H,2-3,6-7H2,1H3. The Morgan fingerprint density at radius 2 is 2.13 bits per heavy atom. The highest BCUT2D eigenvalue weighted by Gasteiger charge is 2.25. The van der Waals surface area contributed by atoms with Crippen LogP contribution in [-0.2, 0) is 0 Å². The van der Waals surface area contributed by atoms with E-state index in [0.717, 1.165) is 35.6 Å². The molecule has 0 atom stereocenters. The normalized spacial score (nSPS) is 16.1. The van der Waals surface area contributed by atoms with Crippen molar-refractivity contribution >= 4 is 28.5 Å². The van der Waals surface area contributed by atoms with Gasteiger partial charge >= 0.3 is 0 Å². The van der Waals surface area contributed by atoms with Gasteiger partial charge in [-0.3, -0.25) is 0 Å². The summed E-state index contributed by atoms with van der Waals surface area (Å²) in [6, 6.07) is 0.574. The van der Waals surface area contributed by atoms with E-state index in [2.05, 4.69) is 49.7 Å². The van der Waals surface area contributed by atoms with Gasteiger partial charge in [0.05, 0.1) is 6.04 Å². The van der Waals surface area contributed by atoms with Crippen molar-refractivity contribution < 1.29 is 0 Å². The summed E-state index contributed by atoms with van der Waals surface area (Å²) in [5.74, 6) is 0.865. The van der Waals surface area contributed by atoms with E-state index in [0.29, 0.717) is 6.04 Å². The molecule has 1 aromatic heterocycles. The lowest BCUT2D eigenvalue weighted by molar-refractivity contribution is 0.408. The third kappa shape index (κ3) is 2.57. The molecule has 0 amide bonds. The van der Waals surface area contributed by atoms with E-state index >= 15 is 0 Å². The van der Waals surface area contributed by atoms with E-state index in [9.17, 15) is 0 Å². The lowest BCUT2D eigenvalue weighted by Crippen LogP contribution is -2.58. The first-order valence-electron chi connectivity index (χ1n) is 5.26. The summed E-state index contributed by atoms with van der Waals surface area (Å²) in [5, 5.41) is 3.28. The largest absolute Gasteiger partial charge is 0.335 e. The molecule has 82 valence electrons. The van der Waals surface area contributed by atoms with Gasteiger partial charge in [-0.1, -0.05) is 6.92 Å². The molecule has 0 aliphatic carbocycles. The molecule has 15 heavy (non-hydrogen) atoms. The van der Waals surface area contributed by atoms with Crippen LogP contribution in [0.2, 0.25) is 0 Å². The Hall–Kier alpha value is -0.430. The second kappa shape index (κ2) is 5.07. The minimum Gasteiger partial charge on any atom is -0.335 e. The van der Waals surface area contributed by atoms with Crippen molar-refractivity contribution in [1.29, 1.82) is 0 Å². The Balaban J connectivity index is 2.12. The average Bonchev–Trinajstić information content (AvgIpc) is 2.16. The molecule has 1 aliphatic heterocycles. The van der Waals surface area contributed by atoms with Crippen molar-refractivity contribution in [2.24, 2.45) is 0 Å². The first-order chi connectivity index (χ1) is 7.31. The predicted octanol–water partition coefficient (Wildman–Crippen LogP) is 1.27. The zero-order valence-electron chi connectivity index (χ0n) is 8.78. The monoisotopic (exact) mass is 318 g/mol. The number of nitrogens with one attached hydrogen (secondary N) is 1. The number of hydrogen-bond acceptors (Lipinski definition) is 4. The van der Waals surface area contributed by atoms with E-state index in [4.69, 9.17) is 0 Å². The Bertz CT molecular complexity index is 310. The van der Waals surface area contributed by atoms with Crippen LogP contribution >= 0.6 is 22.6 Å². The maximum atomic E-state index is 4.38. The second-order valence-corrected chi connectivity index (χ2v) is 4.95. The number of aromatic nitrogens is 2. The fraction of sp³-hybridized carbons (Fsp3) is 0.600. The molecular weight excluding hydrogens is 303 g/mol. The summed E-state index contributed by atoms with van der Waals surface area (Å²) in [4.78, 5) is 11.1. The molecule has 0 aromatic carbocycles. The van der Waals surface area contributed by atoms with Crippen LogP contribution in [0.1, 0.15) is 13.3 Å². The molecule has 0 unspecified atom stereocenters. The van der Waals surface area contributed by atoms with E-state index in [1.54, 1.807) is 0 Å². The van der Waals surface area contributed by atoms with Gasteiger partial charge in [-0.2, -0.15) is 0 Å². The summed E-state index contributed by atoms with van der Waals surface area (Å²) >= 11 is 2.23. The average molecular weight is 318 g/mol. The number of rotatable bonds is 4. The van der Waals surface area contributed by atoms with Crippen LogP contribution in [0.15, 0.2) is 12.4 Å². The summed E-state index contributed by atoms with van der Waals surface area (Å²) < 4.78 is 1.08. The van der Waals surface area contributed by atoms with Crippen LogP contribution in [0.5, 0.6) is 0 Å². The number of nitrogens with zero attached hydrogens (tertiary/aromatic N) is 3. The molecule has 2 rings (SSSR count). The maximum Gasteiger partial charge on any atom is 0.225 e. The first-order valence-corrected chi connectivity index (χ1v) is 6.34. The highest BCUT2D eigenvalue weighted by Crippen LogP contribution is 2.14. The van der Waals surface area contributed by atoms with Crippen LogP contribution in [0.3, 0.4) is 0 Å². The minimum absolute atomic E-state index is 0.574.